The number of aromatic nitrogens is 2. The molecule has 0 radical (unpaired) electrons. The summed E-state index contributed by atoms with van der Waals surface area (Å²) >= 11 is 0. The summed E-state index contributed by atoms with van der Waals surface area (Å²) in [5.74, 6) is -2.02. The van der Waals surface area contributed by atoms with E-state index in [-0.39, 0.29) is 36.9 Å². The van der Waals surface area contributed by atoms with Crippen LogP contribution in [-0.4, -0.2) is 59.2 Å². The molecule has 0 fully saturated rings. The second-order valence-electron chi connectivity index (χ2n) is 8.16. The third-order valence-electron chi connectivity index (χ3n) is 5.85. The lowest BCUT2D eigenvalue weighted by atomic mass is 9.98. The van der Waals surface area contributed by atoms with Crippen LogP contribution in [0.3, 0.4) is 0 Å². The summed E-state index contributed by atoms with van der Waals surface area (Å²) < 4.78 is 11.8. The molecule has 1 unspecified atom stereocenters. The van der Waals surface area contributed by atoms with Gasteiger partial charge < -0.3 is 19.9 Å². The molecule has 0 spiro atoms. The molecule has 0 bridgehead atoms. The highest BCUT2D eigenvalue weighted by Gasteiger charge is 2.29. The van der Waals surface area contributed by atoms with Gasteiger partial charge in [0, 0.05) is 39.3 Å². The number of nitrogens with zero attached hydrogens (tertiary/aromatic N) is 2. The summed E-state index contributed by atoms with van der Waals surface area (Å²) in [6.07, 6.45) is 0.713. The van der Waals surface area contributed by atoms with E-state index in [1.54, 1.807) is 7.05 Å². The number of hydrogen-bond donors (Lipinski definition) is 3. The second kappa shape index (κ2) is 10.4. The van der Waals surface area contributed by atoms with Crippen molar-refractivity contribution in [3.8, 4) is 11.1 Å². The van der Waals surface area contributed by atoms with Gasteiger partial charge in [-0.3, -0.25) is 14.8 Å². The van der Waals surface area contributed by atoms with Gasteiger partial charge in [0.25, 0.3) is 5.91 Å². The average molecular weight is 479 g/mol. The number of aliphatic carboxylic acids is 1. The van der Waals surface area contributed by atoms with E-state index in [1.807, 2.05) is 48.5 Å². The quantitative estimate of drug-likeness (QED) is 0.431. The van der Waals surface area contributed by atoms with Crippen molar-refractivity contribution in [2.24, 2.45) is 7.05 Å². The fourth-order valence-electron chi connectivity index (χ4n) is 4.21. The molecule has 1 heterocycles. The third kappa shape index (κ3) is 5.17. The Balaban J connectivity index is 1.43. The summed E-state index contributed by atoms with van der Waals surface area (Å²) in [7, 11) is 3.03. The maximum atomic E-state index is 12.7. The highest BCUT2D eigenvalue weighted by atomic mass is 16.5. The Labute approximate surface area is 201 Å². The molecule has 0 aliphatic heterocycles. The number of methoxy groups -OCH3 is 1. The first kappa shape index (κ1) is 24.0. The highest BCUT2D eigenvalue weighted by Crippen LogP contribution is 2.44. The van der Waals surface area contributed by atoms with Crippen LogP contribution in [0.1, 0.15) is 33.8 Å². The lowest BCUT2D eigenvalue weighted by Crippen LogP contribution is -2.41. The van der Waals surface area contributed by atoms with Crippen LogP contribution < -0.4 is 10.6 Å². The van der Waals surface area contributed by atoms with Crippen LogP contribution in [0.25, 0.3) is 11.1 Å². The van der Waals surface area contributed by atoms with E-state index >= 15 is 0 Å². The van der Waals surface area contributed by atoms with E-state index in [0.717, 1.165) is 22.3 Å². The molecule has 1 aliphatic carbocycles. The van der Waals surface area contributed by atoms with E-state index < -0.39 is 24.0 Å². The smallest absolute Gasteiger partial charge is 0.412 e. The number of hydrogen-bond acceptors (Lipinski definition) is 6. The van der Waals surface area contributed by atoms with Crippen molar-refractivity contribution in [3.63, 3.8) is 0 Å². The van der Waals surface area contributed by atoms with Gasteiger partial charge in [-0.2, -0.15) is 5.10 Å². The fraction of sp³-hybridized carbons (Fsp3) is 0.280. The van der Waals surface area contributed by atoms with Crippen molar-refractivity contribution in [1.29, 1.82) is 0 Å². The molecule has 4 rings (SSSR count). The van der Waals surface area contributed by atoms with Gasteiger partial charge >= 0.3 is 12.1 Å². The van der Waals surface area contributed by atoms with Crippen molar-refractivity contribution in [2.45, 2.75) is 18.4 Å². The van der Waals surface area contributed by atoms with Crippen molar-refractivity contribution in [1.82, 2.24) is 15.1 Å². The standard InChI is InChI=1S/C25H26N4O6/c1-29-13-19(23(30)26-21(24(31)32)11-12-34-2)22(28-29)27-25(33)35-14-20-17-9-5-3-7-15(17)16-8-4-6-10-18(16)20/h3-10,13,20-21H,11-12,14H2,1-2H3,(H,26,30)(H,31,32)(H,27,28,33). The Bertz CT molecular complexity index is 1210. The van der Waals surface area contributed by atoms with E-state index in [4.69, 9.17) is 9.47 Å². The molecule has 3 aromatic rings. The Morgan fingerprint density at radius 3 is 2.31 bits per heavy atom. The van der Waals surface area contributed by atoms with E-state index in [9.17, 15) is 19.5 Å². The van der Waals surface area contributed by atoms with Crippen LogP contribution in [-0.2, 0) is 21.3 Å². The molecule has 2 amide bonds. The predicted octanol–water partition coefficient (Wildman–Crippen LogP) is 3.00. The molecule has 2 aromatic carbocycles. The van der Waals surface area contributed by atoms with Crippen molar-refractivity contribution < 1.29 is 29.0 Å². The monoisotopic (exact) mass is 478 g/mol. The molecule has 0 saturated heterocycles. The molecule has 1 atom stereocenters. The van der Waals surface area contributed by atoms with Gasteiger partial charge in [0.1, 0.15) is 18.2 Å². The lowest BCUT2D eigenvalue weighted by molar-refractivity contribution is -0.139. The van der Waals surface area contributed by atoms with Crippen molar-refractivity contribution in [3.05, 3.63) is 71.4 Å². The minimum atomic E-state index is -1.19. The summed E-state index contributed by atoms with van der Waals surface area (Å²) in [5, 5.41) is 18.4. The van der Waals surface area contributed by atoms with E-state index in [1.165, 1.54) is 18.0 Å². The SMILES string of the molecule is COCCC(NC(=O)c1cn(C)nc1NC(=O)OCC1c2ccccc2-c2ccccc21)C(=O)O. The number of aryl methyl sites for hydroxylation is 1. The fourth-order valence-corrected chi connectivity index (χ4v) is 4.21. The first-order valence-corrected chi connectivity index (χ1v) is 11.1. The number of rotatable bonds is 9. The largest absolute Gasteiger partial charge is 0.480 e. The van der Waals surface area contributed by atoms with Gasteiger partial charge in [-0.05, 0) is 22.3 Å². The number of anilines is 1. The maximum Gasteiger partial charge on any atom is 0.412 e. The molecular formula is C25H26N4O6. The molecule has 10 heteroatoms. The lowest BCUT2D eigenvalue weighted by Gasteiger charge is -2.15. The zero-order chi connectivity index (χ0) is 24.9. The maximum absolute atomic E-state index is 12.7. The van der Waals surface area contributed by atoms with Crippen LogP contribution >= 0.6 is 0 Å². The zero-order valence-corrected chi connectivity index (χ0v) is 19.4. The molecule has 1 aromatic heterocycles. The van der Waals surface area contributed by atoms with Gasteiger partial charge in [-0.1, -0.05) is 48.5 Å². The number of amides is 2. The first-order valence-electron chi connectivity index (χ1n) is 11.1. The Hall–Kier alpha value is -4.18. The Kier molecular flexibility index (Phi) is 7.11. The van der Waals surface area contributed by atoms with Crippen molar-refractivity contribution in [2.75, 3.05) is 25.6 Å². The molecular weight excluding hydrogens is 452 g/mol. The summed E-state index contributed by atoms with van der Waals surface area (Å²) in [6.45, 7) is 0.265. The number of fused-ring (bicyclic) bond motifs is 3. The number of carboxylic acid groups (broad SMARTS) is 1. The van der Waals surface area contributed by atoms with Crippen LogP contribution in [0.15, 0.2) is 54.7 Å². The number of benzene rings is 2. The highest BCUT2D eigenvalue weighted by molar-refractivity contribution is 6.02. The molecule has 182 valence electrons. The number of carbonyl (C=O) groups is 3. The Morgan fingerprint density at radius 2 is 1.71 bits per heavy atom. The minimum absolute atomic E-state index is 0.0182. The first-order chi connectivity index (χ1) is 16.9. The van der Waals surface area contributed by atoms with Gasteiger partial charge in [0.15, 0.2) is 5.82 Å². The number of carboxylic acids is 1. The summed E-state index contributed by atoms with van der Waals surface area (Å²) in [5.41, 5.74) is 4.40. The predicted molar refractivity (Wildman–Crippen MR) is 127 cm³/mol. The van der Waals surface area contributed by atoms with Gasteiger partial charge in [-0.15, -0.1) is 0 Å². The third-order valence-corrected chi connectivity index (χ3v) is 5.85. The van der Waals surface area contributed by atoms with E-state index in [0.29, 0.717) is 0 Å². The van der Waals surface area contributed by atoms with E-state index in [2.05, 4.69) is 15.7 Å². The molecule has 3 N–H and O–H groups in total. The average Bonchev–Trinajstić information content (AvgIpc) is 3.37. The van der Waals surface area contributed by atoms with Crippen LogP contribution in [0, 0.1) is 0 Å². The normalized spacial score (nSPS) is 13.0. The number of nitrogens with one attached hydrogen (secondary N) is 2. The number of ether oxygens (including phenoxy) is 2. The minimum Gasteiger partial charge on any atom is -0.480 e. The van der Waals surface area contributed by atoms with Gasteiger partial charge in [-0.25, -0.2) is 9.59 Å². The topological polar surface area (TPSA) is 132 Å². The van der Waals surface area contributed by atoms with Crippen LogP contribution in [0.5, 0.6) is 0 Å². The Morgan fingerprint density at radius 1 is 1.09 bits per heavy atom. The summed E-state index contributed by atoms with van der Waals surface area (Å²) in [6, 6.07) is 14.8. The molecule has 10 nitrogen and oxygen atoms in total. The zero-order valence-electron chi connectivity index (χ0n) is 19.4. The van der Waals surface area contributed by atoms with Crippen LogP contribution in [0.2, 0.25) is 0 Å². The second-order valence-corrected chi connectivity index (χ2v) is 8.16. The van der Waals surface area contributed by atoms with Gasteiger partial charge in [0.2, 0.25) is 0 Å². The van der Waals surface area contributed by atoms with Crippen molar-refractivity contribution >= 4 is 23.8 Å². The van der Waals surface area contributed by atoms with Crippen LogP contribution in [0.4, 0.5) is 10.6 Å². The molecule has 35 heavy (non-hydrogen) atoms. The molecule has 0 saturated carbocycles. The van der Waals surface area contributed by atoms with Gasteiger partial charge in [0.05, 0.1) is 0 Å². The summed E-state index contributed by atoms with van der Waals surface area (Å²) in [4.78, 5) is 36.8. The molecule has 1 aliphatic rings. The number of carbonyl (C=O) groups excluding carboxylic acids is 2.